The van der Waals surface area contributed by atoms with Crippen LogP contribution in [0.15, 0.2) is 0 Å². The molecule has 1 atom stereocenters. The van der Waals surface area contributed by atoms with Crippen molar-refractivity contribution in [3.8, 4) is 0 Å². The predicted octanol–water partition coefficient (Wildman–Crippen LogP) is 3.32. The maximum atomic E-state index is 12.0. The third kappa shape index (κ3) is 9.75. The number of halogens is 3. The number of carboxylic acids is 1. The largest absolute Gasteiger partial charge is 0.490 e. The summed E-state index contributed by atoms with van der Waals surface area (Å²) in [6, 6.07) is 0.683. The van der Waals surface area contributed by atoms with Crippen molar-refractivity contribution in [1.29, 1.82) is 0 Å². The Morgan fingerprint density at radius 1 is 1.21 bits per heavy atom. The summed E-state index contributed by atoms with van der Waals surface area (Å²) in [6.07, 6.45) is 4.76. The summed E-state index contributed by atoms with van der Waals surface area (Å²) in [5, 5.41) is 7.12. The second-order valence-corrected chi connectivity index (χ2v) is 6.19. The first-order valence-electron chi connectivity index (χ1n) is 8.40. The molecule has 8 heteroatoms. The molecule has 1 unspecified atom stereocenters. The molecule has 0 radical (unpaired) electrons. The summed E-state index contributed by atoms with van der Waals surface area (Å²) >= 11 is 0. The topological polar surface area (TPSA) is 83.6 Å². The van der Waals surface area contributed by atoms with Crippen LogP contribution in [0.25, 0.3) is 0 Å². The van der Waals surface area contributed by atoms with Crippen LogP contribution >= 0.6 is 0 Å². The quantitative estimate of drug-likeness (QED) is 0.766. The maximum absolute atomic E-state index is 12.0. The van der Waals surface area contributed by atoms with E-state index in [1.165, 1.54) is 32.1 Å². The fourth-order valence-corrected chi connectivity index (χ4v) is 2.67. The van der Waals surface area contributed by atoms with E-state index in [2.05, 4.69) is 6.92 Å². The molecule has 0 aliphatic heterocycles. The van der Waals surface area contributed by atoms with E-state index in [0.29, 0.717) is 12.5 Å². The van der Waals surface area contributed by atoms with Gasteiger partial charge in [0.1, 0.15) is 0 Å². The molecule has 5 nitrogen and oxygen atoms in total. The van der Waals surface area contributed by atoms with Crippen LogP contribution in [0.1, 0.15) is 64.7 Å². The van der Waals surface area contributed by atoms with E-state index in [1.807, 2.05) is 11.9 Å². The summed E-state index contributed by atoms with van der Waals surface area (Å²) in [6.45, 7) is 2.13. The molecule has 1 fully saturated rings. The van der Waals surface area contributed by atoms with Crippen LogP contribution in [-0.4, -0.2) is 47.2 Å². The smallest absolute Gasteiger partial charge is 0.475 e. The Hall–Kier alpha value is -1.31. The molecule has 142 valence electrons. The number of hydrogen-bond donors (Lipinski definition) is 2. The Bertz CT molecular complexity index is 383. The van der Waals surface area contributed by atoms with Gasteiger partial charge in [-0.25, -0.2) is 4.79 Å². The molecule has 0 saturated heterocycles. The zero-order valence-corrected chi connectivity index (χ0v) is 14.4. The minimum absolute atomic E-state index is 0.198. The van der Waals surface area contributed by atoms with Gasteiger partial charge in [-0.3, -0.25) is 4.79 Å². The Kier molecular flexibility index (Phi) is 10.7. The molecular formula is C16H29F3N2O3. The molecule has 0 spiro atoms. The minimum atomic E-state index is -5.08. The van der Waals surface area contributed by atoms with Gasteiger partial charge in [0.15, 0.2) is 0 Å². The molecule has 0 aromatic rings. The van der Waals surface area contributed by atoms with Crippen molar-refractivity contribution in [2.75, 3.05) is 7.05 Å². The Balaban J connectivity index is 0.000000640. The Morgan fingerprint density at radius 3 is 2.12 bits per heavy atom. The van der Waals surface area contributed by atoms with Crippen LogP contribution in [-0.2, 0) is 9.59 Å². The molecular weight excluding hydrogens is 325 g/mol. The first kappa shape index (κ1) is 22.7. The van der Waals surface area contributed by atoms with E-state index in [4.69, 9.17) is 15.6 Å². The van der Waals surface area contributed by atoms with Gasteiger partial charge < -0.3 is 15.7 Å². The highest BCUT2D eigenvalue weighted by Crippen LogP contribution is 2.22. The zero-order valence-electron chi connectivity index (χ0n) is 14.4. The molecule has 1 amide bonds. The number of nitrogens with two attached hydrogens (primary N) is 1. The van der Waals surface area contributed by atoms with Crippen molar-refractivity contribution in [1.82, 2.24) is 4.90 Å². The molecule has 0 aromatic heterocycles. The predicted molar refractivity (Wildman–Crippen MR) is 85.5 cm³/mol. The number of alkyl halides is 3. The molecule has 1 aliphatic rings. The van der Waals surface area contributed by atoms with Crippen LogP contribution < -0.4 is 5.73 Å². The molecule has 24 heavy (non-hydrogen) atoms. The lowest BCUT2D eigenvalue weighted by atomic mass is 9.94. The van der Waals surface area contributed by atoms with E-state index < -0.39 is 12.1 Å². The van der Waals surface area contributed by atoms with Gasteiger partial charge >= 0.3 is 12.1 Å². The number of carbonyl (C=O) groups is 2. The Morgan fingerprint density at radius 2 is 1.71 bits per heavy atom. The first-order chi connectivity index (χ1) is 11.1. The number of hydrogen-bond acceptors (Lipinski definition) is 3. The number of rotatable bonds is 6. The van der Waals surface area contributed by atoms with E-state index >= 15 is 0 Å². The highest BCUT2D eigenvalue weighted by Gasteiger charge is 2.38. The fraction of sp³-hybridized carbons (Fsp3) is 0.875. The summed E-state index contributed by atoms with van der Waals surface area (Å²) in [7, 11) is 1.96. The number of nitrogens with zero attached hydrogens (tertiary/aromatic N) is 1. The second-order valence-electron chi connectivity index (χ2n) is 6.19. The van der Waals surface area contributed by atoms with Crippen molar-refractivity contribution in [3.05, 3.63) is 0 Å². The first-order valence-corrected chi connectivity index (χ1v) is 8.40. The highest BCUT2D eigenvalue weighted by atomic mass is 19.4. The second kappa shape index (κ2) is 11.3. The molecule has 0 heterocycles. The Labute approximate surface area is 141 Å². The van der Waals surface area contributed by atoms with Gasteiger partial charge in [-0.1, -0.05) is 32.6 Å². The number of carbonyl (C=O) groups excluding carboxylic acids is 1. The van der Waals surface area contributed by atoms with Crippen molar-refractivity contribution in [3.63, 3.8) is 0 Å². The SMILES string of the molecule is CCCC(N)CCC(=O)N(C)C1CCCCC1.O=C(O)C(F)(F)F. The van der Waals surface area contributed by atoms with Gasteiger partial charge in [0.25, 0.3) is 0 Å². The third-order valence-electron chi connectivity index (χ3n) is 4.15. The molecule has 1 saturated carbocycles. The van der Waals surface area contributed by atoms with Gasteiger partial charge in [-0.2, -0.15) is 13.2 Å². The third-order valence-corrected chi connectivity index (χ3v) is 4.15. The standard InChI is InChI=1S/C14H28N2O.C2HF3O2/c1-3-7-12(15)10-11-14(17)16(2)13-8-5-4-6-9-13;3-2(4,5)1(6)7/h12-13H,3-11,15H2,1-2H3;(H,6,7). The van der Waals surface area contributed by atoms with Gasteiger partial charge in [0, 0.05) is 25.6 Å². The average molecular weight is 354 g/mol. The summed E-state index contributed by atoms with van der Waals surface area (Å²) in [5.41, 5.74) is 5.94. The average Bonchev–Trinajstić information content (AvgIpc) is 2.52. The fourth-order valence-electron chi connectivity index (χ4n) is 2.67. The van der Waals surface area contributed by atoms with Crippen molar-refractivity contribution in [2.24, 2.45) is 5.73 Å². The van der Waals surface area contributed by atoms with Crippen LogP contribution in [0, 0.1) is 0 Å². The minimum Gasteiger partial charge on any atom is -0.475 e. The zero-order chi connectivity index (χ0) is 18.8. The highest BCUT2D eigenvalue weighted by molar-refractivity contribution is 5.76. The number of carboxylic acid groups (broad SMARTS) is 1. The molecule has 0 aromatic carbocycles. The van der Waals surface area contributed by atoms with Gasteiger partial charge in [-0.15, -0.1) is 0 Å². The molecule has 0 bridgehead atoms. The molecule has 1 rings (SSSR count). The van der Waals surface area contributed by atoms with Gasteiger partial charge in [0.2, 0.25) is 5.91 Å². The summed E-state index contributed by atoms with van der Waals surface area (Å²) in [4.78, 5) is 22.9. The normalized spacial score (nSPS) is 16.8. The summed E-state index contributed by atoms with van der Waals surface area (Å²) < 4.78 is 31.7. The van der Waals surface area contributed by atoms with Crippen LogP contribution in [0.5, 0.6) is 0 Å². The maximum Gasteiger partial charge on any atom is 0.490 e. The lowest BCUT2D eigenvalue weighted by Crippen LogP contribution is -2.38. The monoisotopic (exact) mass is 354 g/mol. The number of amides is 1. The number of aliphatic carboxylic acids is 1. The molecule has 3 N–H and O–H groups in total. The van der Waals surface area contributed by atoms with Crippen LogP contribution in [0.2, 0.25) is 0 Å². The van der Waals surface area contributed by atoms with Crippen molar-refractivity contribution in [2.45, 2.75) is 83.0 Å². The van der Waals surface area contributed by atoms with Crippen LogP contribution in [0.4, 0.5) is 13.2 Å². The van der Waals surface area contributed by atoms with Gasteiger partial charge in [-0.05, 0) is 25.7 Å². The van der Waals surface area contributed by atoms with Crippen LogP contribution in [0.3, 0.4) is 0 Å². The van der Waals surface area contributed by atoms with E-state index in [1.54, 1.807) is 0 Å². The van der Waals surface area contributed by atoms with Gasteiger partial charge in [0.05, 0.1) is 0 Å². The molecule has 1 aliphatic carbocycles. The van der Waals surface area contributed by atoms with E-state index in [9.17, 15) is 18.0 Å². The van der Waals surface area contributed by atoms with E-state index in [0.717, 1.165) is 19.3 Å². The summed E-state index contributed by atoms with van der Waals surface area (Å²) in [5.74, 6) is -2.48. The van der Waals surface area contributed by atoms with Crippen molar-refractivity contribution >= 4 is 11.9 Å². The lowest BCUT2D eigenvalue weighted by Gasteiger charge is -2.31. The van der Waals surface area contributed by atoms with E-state index in [-0.39, 0.29) is 11.9 Å². The lowest BCUT2D eigenvalue weighted by molar-refractivity contribution is -0.192. The van der Waals surface area contributed by atoms with Crippen molar-refractivity contribution < 1.29 is 27.9 Å².